The topological polar surface area (TPSA) is 28.6 Å². The molecule has 0 amide bonds. The van der Waals surface area contributed by atoms with Crippen molar-refractivity contribution in [3.8, 4) is 0 Å². The van der Waals surface area contributed by atoms with Crippen molar-refractivity contribution in [3.63, 3.8) is 0 Å². The number of benzene rings is 1. The predicted molar refractivity (Wildman–Crippen MR) is 104 cm³/mol. The maximum Gasteiger partial charge on any atom is 0.0895 e. The number of aryl methyl sites for hydroxylation is 1. The quantitative estimate of drug-likeness (QED) is 0.825. The summed E-state index contributed by atoms with van der Waals surface area (Å²) < 4.78 is 5.71. The second-order valence-electron chi connectivity index (χ2n) is 7.69. The van der Waals surface area contributed by atoms with E-state index >= 15 is 0 Å². The largest absolute Gasteiger partial charge is 0.378 e. The van der Waals surface area contributed by atoms with Crippen molar-refractivity contribution in [2.45, 2.75) is 44.5 Å². The van der Waals surface area contributed by atoms with Crippen LogP contribution in [-0.4, -0.2) is 53.7 Å². The number of likely N-dealkylation sites (tertiary alicyclic amines) is 2. The highest BCUT2D eigenvalue weighted by atomic mass is 16.5. The Labute approximate surface area is 156 Å². The van der Waals surface area contributed by atoms with Crippen LogP contribution in [0.1, 0.15) is 35.6 Å². The van der Waals surface area contributed by atoms with E-state index in [1.807, 2.05) is 19.5 Å². The van der Waals surface area contributed by atoms with Crippen LogP contribution in [0.5, 0.6) is 0 Å². The van der Waals surface area contributed by atoms with Crippen molar-refractivity contribution in [2.24, 2.45) is 0 Å². The molecule has 4 rings (SSSR count). The van der Waals surface area contributed by atoms with Crippen molar-refractivity contribution in [1.29, 1.82) is 0 Å². The SMILES string of the molecule is CO[C@H]1CN(C2CCN(Cc3cccc(C)c3)CC2)[C@H]1c1ccncc1. The van der Waals surface area contributed by atoms with Gasteiger partial charge in [0.2, 0.25) is 0 Å². The molecule has 4 nitrogen and oxygen atoms in total. The van der Waals surface area contributed by atoms with Gasteiger partial charge >= 0.3 is 0 Å². The fraction of sp³-hybridized carbons (Fsp3) is 0.500. The van der Waals surface area contributed by atoms with E-state index in [1.165, 1.54) is 42.6 Å². The van der Waals surface area contributed by atoms with Crippen molar-refractivity contribution < 1.29 is 4.74 Å². The van der Waals surface area contributed by atoms with Gasteiger partial charge in [-0.3, -0.25) is 14.8 Å². The summed E-state index contributed by atoms with van der Waals surface area (Å²) in [5, 5.41) is 0. The zero-order chi connectivity index (χ0) is 17.9. The van der Waals surface area contributed by atoms with Gasteiger partial charge < -0.3 is 4.74 Å². The molecule has 0 saturated carbocycles. The Balaban J connectivity index is 1.35. The molecule has 2 saturated heterocycles. The standard InChI is InChI=1S/C22H29N3O/c1-17-4-3-5-18(14-17)15-24-12-8-20(9-13-24)25-16-21(26-2)22(25)19-6-10-23-11-7-19/h3-7,10-11,14,20-22H,8-9,12-13,15-16H2,1-2H3/t21-,22-/m0/s1. The van der Waals surface area contributed by atoms with E-state index in [4.69, 9.17) is 4.74 Å². The highest BCUT2D eigenvalue weighted by Gasteiger charge is 2.44. The molecule has 2 fully saturated rings. The Morgan fingerprint density at radius 2 is 1.88 bits per heavy atom. The lowest BCUT2D eigenvalue weighted by Gasteiger charge is -2.53. The summed E-state index contributed by atoms with van der Waals surface area (Å²) in [5.41, 5.74) is 4.12. The fourth-order valence-corrected chi connectivity index (χ4v) is 4.52. The van der Waals surface area contributed by atoms with E-state index in [-0.39, 0.29) is 0 Å². The monoisotopic (exact) mass is 351 g/mol. The molecule has 26 heavy (non-hydrogen) atoms. The fourth-order valence-electron chi connectivity index (χ4n) is 4.52. The van der Waals surface area contributed by atoms with Crippen LogP contribution in [0.4, 0.5) is 0 Å². The maximum atomic E-state index is 5.71. The molecule has 0 unspecified atom stereocenters. The van der Waals surface area contributed by atoms with Gasteiger partial charge in [-0.15, -0.1) is 0 Å². The molecule has 4 heteroatoms. The first-order chi connectivity index (χ1) is 12.7. The van der Waals surface area contributed by atoms with Crippen LogP contribution in [0.15, 0.2) is 48.8 Å². The lowest BCUT2D eigenvalue weighted by Crippen LogP contribution is -2.60. The number of methoxy groups -OCH3 is 1. The molecule has 2 atom stereocenters. The number of nitrogens with zero attached hydrogens (tertiary/aromatic N) is 3. The molecule has 1 aromatic heterocycles. The first kappa shape index (κ1) is 17.7. The van der Waals surface area contributed by atoms with Gasteiger partial charge in [-0.2, -0.15) is 0 Å². The number of hydrogen-bond acceptors (Lipinski definition) is 4. The summed E-state index contributed by atoms with van der Waals surface area (Å²) >= 11 is 0. The van der Waals surface area contributed by atoms with Crippen molar-refractivity contribution in [2.75, 3.05) is 26.7 Å². The van der Waals surface area contributed by atoms with E-state index in [2.05, 4.69) is 58.1 Å². The Hall–Kier alpha value is -1.75. The van der Waals surface area contributed by atoms with Gasteiger partial charge in [0.05, 0.1) is 12.1 Å². The Morgan fingerprint density at radius 3 is 2.58 bits per heavy atom. The Morgan fingerprint density at radius 1 is 1.12 bits per heavy atom. The lowest BCUT2D eigenvalue weighted by molar-refractivity contribution is -0.116. The molecule has 0 spiro atoms. The molecule has 0 aliphatic carbocycles. The normalized spacial score (nSPS) is 25.2. The van der Waals surface area contributed by atoms with Gasteiger partial charge in [0, 0.05) is 38.6 Å². The number of aromatic nitrogens is 1. The zero-order valence-electron chi connectivity index (χ0n) is 15.8. The lowest BCUT2D eigenvalue weighted by atomic mass is 9.87. The third kappa shape index (κ3) is 3.68. The third-order valence-corrected chi connectivity index (χ3v) is 5.97. The molecule has 0 N–H and O–H groups in total. The van der Waals surface area contributed by atoms with Crippen LogP contribution >= 0.6 is 0 Å². The summed E-state index contributed by atoms with van der Waals surface area (Å²) in [4.78, 5) is 9.41. The average Bonchev–Trinajstić information content (AvgIpc) is 2.64. The van der Waals surface area contributed by atoms with E-state index < -0.39 is 0 Å². The van der Waals surface area contributed by atoms with E-state index in [0.717, 1.165) is 13.1 Å². The van der Waals surface area contributed by atoms with Gasteiger partial charge in [-0.25, -0.2) is 0 Å². The maximum absolute atomic E-state index is 5.71. The minimum absolute atomic E-state index is 0.308. The van der Waals surface area contributed by atoms with Crippen LogP contribution < -0.4 is 0 Å². The average molecular weight is 351 g/mol. The molecule has 138 valence electrons. The van der Waals surface area contributed by atoms with Crippen LogP contribution in [0.3, 0.4) is 0 Å². The molecular weight excluding hydrogens is 322 g/mol. The minimum Gasteiger partial charge on any atom is -0.378 e. The second-order valence-corrected chi connectivity index (χ2v) is 7.69. The summed E-state index contributed by atoms with van der Waals surface area (Å²) in [6.45, 7) is 6.64. The molecule has 0 radical (unpaired) electrons. The van der Waals surface area contributed by atoms with Crippen LogP contribution in [0.25, 0.3) is 0 Å². The number of rotatable bonds is 5. The third-order valence-electron chi connectivity index (χ3n) is 5.97. The minimum atomic E-state index is 0.308. The smallest absolute Gasteiger partial charge is 0.0895 e. The highest BCUT2D eigenvalue weighted by Crippen LogP contribution is 2.39. The van der Waals surface area contributed by atoms with Gasteiger partial charge in [0.15, 0.2) is 0 Å². The highest BCUT2D eigenvalue weighted by molar-refractivity contribution is 5.23. The number of ether oxygens (including phenoxy) is 1. The first-order valence-electron chi connectivity index (χ1n) is 9.71. The van der Waals surface area contributed by atoms with E-state index in [1.54, 1.807) is 0 Å². The first-order valence-corrected chi connectivity index (χ1v) is 9.71. The summed E-state index contributed by atoms with van der Waals surface area (Å²) in [6, 6.07) is 14.2. The summed E-state index contributed by atoms with van der Waals surface area (Å²) in [7, 11) is 1.83. The van der Waals surface area contributed by atoms with E-state index in [9.17, 15) is 0 Å². The van der Waals surface area contributed by atoms with Crippen molar-refractivity contribution >= 4 is 0 Å². The molecule has 2 aliphatic rings. The Bertz CT molecular complexity index is 712. The number of hydrogen-bond donors (Lipinski definition) is 0. The molecule has 2 aromatic rings. The van der Waals surface area contributed by atoms with Crippen LogP contribution in [0, 0.1) is 6.92 Å². The zero-order valence-corrected chi connectivity index (χ0v) is 15.8. The Kier molecular flexibility index (Phi) is 5.34. The summed E-state index contributed by atoms with van der Waals surface area (Å²) in [6.07, 6.45) is 6.57. The second kappa shape index (κ2) is 7.87. The molecule has 0 bridgehead atoms. The van der Waals surface area contributed by atoms with E-state index in [0.29, 0.717) is 18.2 Å². The van der Waals surface area contributed by atoms with Crippen molar-refractivity contribution in [3.05, 3.63) is 65.5 Å². The van der Waals surface area contributed by atoms with Gasteiger partial charge in [-0.1, -0.05) is 29.8 Å². The van der Waals surface area contributed by atoms with Crippen LogP contribution in [-0.2, 0) is 11.3 Å². The molecule has 3 heterocycles. The molecule has 1 aromatic carbocycles. The number of piperidine rings is 1. The predicted octanol–water partition coefficient (Wildman–Crippen LogP) is 3.43. The molecular formula is C22H29N3O. The summed E-state index contributed by atoms with van der Waals surface area (Å²) in [5.74, 6) is 0. The van der Waals surface area contributed by atoms with Crippen molar-refractivity contribution in [1.82, 2.24) is 14.8 Å². The van der Waals surface area contributed by atoms with Crippen LogP contribution in [0.2, 0.25) is 0 Å². The van der Waals surface area contributed by atoms with Gasteiger partial charge in [0.25, 0.3) is 0 Å². The van der Waals surface area contributed by atoms with Gasteiger partial charge in [0.1, 0.15) is 0 Å². The number of pyridine rings is 1. The molecule has 2 aliphatic heterocycles. The van der Waals surface area contributed by atoms with Gasteiger partial charge in [-0.05, 0) is 56.1 Å².